The molecule has 0 saturated heterocycles. The maximum atomic E-state index is 6.30. The molecule has 0 aliphatic heterocycles. The van der Waals surface area contributed by atoms with E-state index in [9.17, 15) is 0 Å². The van der Waals surface area contributed by atoms with Crippen LogP contribution in [-0.2, 0) is 0 Å². The molecule has 0 N–H and O–H groups in total. The van der Waals surface area contributed by atoms with E-state index >= 15 is 0 Å². The fraction of sp³-hybridized carbons (Fsp3) is 0.0732. The first-order valence-corrected chi connectivity index (χ1v) is 16.8. The molecule has 1 aliphatic rings. The second-order valence-electron chi connectivity index (χ2n) is 10.7. The Balaban J connectivity index is 0.000000555. The van der Waals surface area contributed by atoms with Gasteiger partial charge in [-0.25, -0.2) is 0 Å². The quantitative estimate of drug-likeness (QED) is 0.133. The van der Waals surface area contributed by atoms with Crippen molar-refractivity contribution in [3.63, 3.8) is 0 Å². The lowest BCUT2D eigenvalue weighted by Crippen LogP contribution is -1.97. The van der Waals surface area contributed by atoms with Gasteiger partial charge < -0.3 is 4.57 Å². The summed E-state index contributed by atoms with van der Waals surface area (Å²) in [6, 6.07) is 37.4. The Labute approximate surface area is 278 Å². The summed E-state index contributed by atoms with van der Waals surface area (Å²) in [5.74, 6) is 0. The Kier molecular flexibility index (Phi) is 9.37. The number of thiophene rings is 1. The van der Waals surface area contributed by atoms with Crippen molar-refractivity contribution in [2.75, 3.05) is 6.38 Å². The molecule has 5 aromatic carbocycles. The Morgan fingerprint density at radius 1 is 0.622 bits per heavy atom. The van der Waals surface area contributed by atoms with E-state index in [-0.39, 0.29) is 0 Å². The van der Waals surface area contributed by atoms with Gasteiger partial charge in [0.1, 0.15) is 0 Å². The first kappa shape index (κ1) is 30.7. The van der Waals surface area contributed by atoms with Crippen LogP contribution in [0.3, 0.4) is 0 Å². The number of para-hydroxylation sites is 1. The normalized spacial score (nSPS) is 12.4. The highest BCUT2D eigenvalue weighted by molar-refractivity contribution is 7.25. The van der Waals surface area contributed by atoms with Crippen LogP contribution in [0.1, 0.15) is 12.8 Å². The molecule has 0 unspecified atom stereocenters. The van der Waals surface area contributed by atoms with Crippen LogP contribution in [0, 0.1) is 0 Å². The zero-order valence-electron chi connectivity index (χ0n) is 25.1. The minimum Gasteiger partial charge on any atom is -0.310 e. The van der Waals surface area contributed by atoms with Crippen LogP contribution >= 0.6 is 34.5 Å². The van der Waals surface area contributed by atoms with Gasteiger partial charge in [-0.05, 0) is 89.7 Å². The highest BCUT2D eigenvalue weighted by atomic mass is 35.5. The molecular weight excluding hydrogens is 609 g/mol. The predicted molar refractivity (Wildman–Crippen MR) is 203 cm³/mol. The van der Waals surface area contributed by atoms with Crippen molar-refractivity contribution in [2.24, 2.45) is 0 Å². The van der Waals surface area contributed by atoms with Gasteiger partial charge in [0.2, 0.25) is 0 Å². The average molecular weight is 643 g/mol. The third-order valence-corrected chi connectivity index (χ3v) is 9.42. The molecule has 45 heavy (non-hydrogen) atoms. The maximum absolute atomic E-state index is 6.30. The summed E-state index contributed by atoms with van der Waals surface area (Å²) in [6.45, 7) is 6.72. The second-order valence-corrected chi connectivity index (χ2v) is 12.2. The minimum absolute atomic E-state index is 0.761. The van der Waals surface area contributed by atoms with Gasteiger partial charge in [0.15, 0.2) is 0 Å². The van der Waals surface area contributed by atoms with Crippen LogP contribution in [0.2, 0.25) is 5.02 Å². The van der Waals surface area contributed by atoms with E-state index in [0.717, 1.165) is 23.4 Å². The Bertz CT molecular complexity index is 2240. The number of allylic oxidation sites excluding steroid dienone is 6. The van der Waals surface area contributed by atoms with Crippen molar-refractivity contribution in [3.05, 3.63) is 152 Å². The molecule has 2 aromatic heterocycles. The smallest absolute Gasteiger partial charge is 0.0547 e. The number of halogens is 2. The molecule has 0 saturated carbocycles. The number of fused-ring (bicyclic) bond motifs is 6. The fourth-order valence-electron chi connectivity index (χ4n) is 6.00. The van der Waals surface area contributed by atoms with Crippen LogP contribution in [0.25, 0.3) is 69.9 Å². The number of benzene rings is 5. The van der Waals surface area contributed by atoms with E-state index in [2.05, 4.69) is 132 Å². The highest BCUT2D eigenvalue weighted by Crippen LogP contribution is 2.40. The summed E-state index contributed by atoms with van der Waals surface area (Å²) >= 11 is 12.8. The largest absolute Gasteiger partial charge is 0.310 e. The van der Waals surface area contributed by atoms with Gasteiger partial charge >= 0.3 is 0 Å². The molecule has 7 aromatic rings. The molecule has 1 nitrogen and oxygen atoms in total. The minimum atomic E-state index is 0.761. The van der Waals surface area contributed by atoms with Gasteiger partial charge in [0.25, 0.3) is 0 Å². The monoisotopic (exact) mass is 641 g/mol. The fourth-order valence-corrected chi connectivity index (χ4v) is 7.26. The summed E-state index contributed by atoms with van der Waals surface area (Å²) in [6.07, 6.45) is 13.9. The lowest BCUT2D eigenvalue weighted by atomic mass is 9.99. The molecule has 4 heteroatoms. The molecule has 222 valence electrons. The Hall–Kier alpha value is -4.34. The molecule has 0 amide bonds. The molecule has 0 spiro atoms. The Morgan fingerprint density at radius 2 is 1.24 bits per heavy atom. The number of hydrogen-bond donors (Lipinski definition) is 0. The molecule has 0 bridgehead atoms. The molecule has 1 aliphatic carbocycles. The summed E-state index contributed by atoms with van der Waals surface area (Å²) in [5.41, 5.74) is 8.58. The van der Waals surface area contributed by atoms with E-state index in [1.807, 2.05) is 29.5 Å². The number of hydrogen-bond acceptors (Lipinski definition) is 1. The topological polar surface area (TPSA) is 4.93 Å². The Morgan fingerprint density at radius 3 is 1.89 bits per heavy atom. The molecule has 2 heterocycles. The van der Waals surface area contributed by atoms with E-state index in [1.165, 1.54) is 70.7 Å². The van der Waals surface area contributed by atoms with Crippen molar-refractivity contribution in [3.8, 4) is 22.3 Å². The maximum Gasteiger partial charge on any atom is 0.0547 e. The average Bonchev–Trinajstić information content (AvgIpc) is 3.64. The lowest BCUT2D eigenvalue weighted by molar-refractivity contribution is 1.02. The summed E-state index contributed by atoms with van der Waals surface area (Å²) < 4.78 is 5.05. The van der Waals surface area contributed by atoms with Gasteiger partial charge in [0, 0.05) is 48.0 Å². The second kappa shape index (κ2) is 13.7. The van der Waals surface area contributed by atoms with E-state index in [1.54, 1.807) is 12.2 Å². The zero-order chi connectivity index (χ0) is 31.3. The first-order valence-electron chi connectivity index (χ1n) is 14.9. The van der Waals surface area contributed by atoms with E-state index in [0.29, 0.717) is 0 Å². The van der Waals surface area contributed by atoms with Crippen molar-refractivity contribution in [2.45, 2.75) is 12.8 Å². The van der Waals surface area contributed by atoms with E-state index < -0.39 is 0 Å². The van der Waals surface area contributed by atoms with Crippen LogP contribution in [0.4, 0.5) is 0 Å². The molecular formula is C41H33Cl2NS. The molecule has 8 rings (SSSR count). The van der Waals surface area contributed by atoms with Gasteiger partial charge in [-0.15, -0.1) is 22.9 Å². The van der Waals surface area contributed by atoms with Crippen molar-refractivity contribution in [1.29, 1.82) is 0 Å². The third-order valence-electron chi connectivity index (χ3n) is 8.03. The number of aromatic nitrogens is 1. The van der Waals surface area contributed by atoms with Gasteiger partial charge in [-0.2, -0.15) is 0 Å². The SMILES string of the molecule is C=CC=C.CCl.Clc1cccc(-c2ccc3sc4ccc(-c5ccc6c7ccccc7n(C7=CCCC=C7)c6c5)cc4c3c2)c1. The standard InChI is InChI=1S/C36H24ClNS.C4H6.CH3Cl/c37-27-8-6-7-23(19-27)24-14-17-35-31(20-24)32-21-25(15-18-36(32)39-35)26-13-16-30-29-11-4-5-12-33(29)38(34(30)22-26)28-9-2-1-3-10-28;1-3-4-2;1-2/h2,4-22H,1,3H2;3-4H,1-2H2;1H3. The molecule has 0 fully saturated rings. The van der Waals surface area contributed by atoms with Crippen LogP contribution in [0.15, 0.2) is 147 Å². The lowest BCUT2D eigenvalue weighted by Gasteiger charge is -2.12. The van der Waals surface area contributed by atoms with Crippen molar-refractivity contribution < 1.29 is 0 Å². The van der Waals surface area contributed by atoms with Gasteiger partial charge in [-0.3, -0.25) is 0 Å². The number of rotatable bonds is 4. The summed E-state index contributed by atoms with van der Waals surface area (Å²) in [4.78, 5) is 0. The first-order chi connectivity index (χ1) is 22.1. The van der Waals surface area contributed by atoms with Gasteiger partial charge in [0.05, 0.1) is 11.0 Å². The van der Waals surface area contributed by atoms with Crippen molar-refractivity contribution in [1.82, 2.24) is 4.57 Å². The predicted octanol–water partition coefficient (Wildman–Crippen LogP) is 13.6. The number of alkyl halides is 1. The third kappa shape index (κ3) is 6.02. The van der Waals surface area contributed by atoms with Crippen LogP contribution in [0.5, 0.6) is 0 Å². The molecule has 0 atom stereocenters. The van der Waals surface area contributed by atoms with Crippen molar-refractivity contribution >= 4 is 82.2 Å². The van der Waals surface area contributed by atoms with E-state index in [4.69, 9.17) is 11.6 Å². The summed E-state index contributed by atoms with van der Waals surface area (Å²) in [5, 5.41) is 5.95. The zero-order valence-corrected chi connectivity index (χ0v) is 27.5. The molecule has 0 radical (unpaired) electrons. The van der Waals surface area contributed by atoms with Crippen LogP contribution in [-0.4, -0.2) is 11.0 Å². The van der Waals surface area contributed by atoms with Crippen LogP contribution < -0.4 is 0 Å². The van der Waals surface area contributed by atoms with Gasteiger partial charge in [-0.1, -0.05) is 104 Å². The summed E-state index contributed by atoms with van der Waals surface area (Å²) in [7, 11) is 0. The number of nitrogens with zero attached hydrogens (tertiary/aromatic N) is 1. The highest BCUT2D eigenvalue weighted by Gasteiger charge is 2.15.